The first-order valence-corrected chi connectivity index (χ1v) is 13.8. The summed E-state index contributed by atoms with van der Waals surface area (Å²) in [6, 6.07) is 0. The number of aliphatic hydroxyl groups is 2. The second-order valence-electron chi connectivity index (χ2n) is 13.9. The molecule has 0 aromatic rings. The molecule has 4 saturated carbocycles. The fraction of sp³-hybridized carbons (Fsp3) is 0.897. The SMILES string of the molecule is CC(=O)OCC=C1CCC2C3CC(C)C4(O)CC5(CCC4(C)C3C(O)CC12C)OCC(C)(C)CO5. The molecule has 8 unspecified atom stereocenters. The van der Waals surface area contributed by atoms with E-state index in [9.17, 15) is 15.0 Å². The van der Waals surface area contributed by atoms with E-state index >= 15 is 0 Å². The Labute approximate surface area is 210 Å². The van der Waals surface area contributed by atoms with Crippen LogP contribution in [0.25, 0.3) is 0 Å². The zero-order valence-electron chi connectivity index (χ0n) is 22.6. The fourth-order valence-corrected chi connectivity index (χ4v) is 9.17. The van der Waals surface area contributed by atoms with Crippen LogP contribution in [-0.4, -0.2) is 53.5 Å². The van der Waals surface area contributed by atoms with Gasteiger partial charge < -0.3 is 24.4 Å². The van der Waals surface area contributed by atoms with Crippen molar-refractivity contribution in [2.75, 3.05) is 19.8 Å². The lowest BCUT2D eigenvalue weighted by Gasteiger charge is -2.68. The summed E-state index contributed by atoms with van der Waals surface area (Å²) in [6.07, 6.45) is 7.37. The van der Waals surface area contributed by atoms with Crippen molar-refractivity contribution in [1.82, 2.24) is 0 Å². The second-order valence-corrected chi connectivity index (χ2v) is 13.9. The van der Waals surface area contributed by atoms with E-state index in [1.54, 1.807) is 0 Å². The molecule has 1 saturated heterocycles. The summed E-state index contributed by atoms with van der Waals surface area (Å²) in [7, 11) is 0. The van der Waals surface area contributed by atoms with Crippen LogP contribution in [0.1, 0.15) is 86.5 Å². The Bertz CT molecular complexity index is 886. The molecule has 5 aliphatic rings. The largest absolute Gasteiger partial charge is 0.462 e. The van der Waals surface area contributed by atoms with Gasteiger partial charge in [-0.25, -0.2) is 0 Å². The second kappa shape index (κ2) is 8.28. The van der Waals surface area contributed by atoms with Crippen LogP contribution >= 0.6 is 0 Å². The van der Waals surface area contributed by atoms with E-state index in [-0.39, 0.29) is 34.1 Å². The minimum Gasteiger partial charge on any atom is -0.462 e. The zero-order chi connectivity index (χ0) is 25.4. The zero-order valence-corrected chi connectivity index (χ0v) is 22.6. The molecule has 0 aromatic carbocycles. The molecule has 0 bridgehead atoms. The maximum Gasteiger partial charge on any atom is 0.302 e. The molecule has 6 nitrogen and oxygen atoms in total. The van der Waals surface area contributed by atoms with Crippen LogP contribution in [0, 0.1) is 39.9 Å². The Morgan fingerprint density at radius 1 is 1.17 bits per heavy atom. The van der Waals surface area contributed by atoms with E-state index in [0.29, 0.717) is 44.5 Å². The van der Waals surface area contributed by atoms with Gasteiger partial charge in [0, 0.05) is 30.6 Å². The van der Waals surface area contributed by atoms with Crippen molar-refractivity contribution in [3.63, 3.8) is 0 Å². The summed E-state index contributed by atoms with van der Waals surface area (Å²) in [5.74, 6) is 0.0257. The molecule has 4 aliphatic carbocycles. The van der Waals surface area contributed by atoms with Crippen molar-refractivity contribution < 1.29 is 29.2 Å². The highest BCUT2D eigenvalue weighted by Gasteiger charge is 2.70. The molecule has 5 fully saturated rings. The fourth-order valence-electron chi connectivity index (χ4n) is 9.17. The number of aliphatic hydroxyl groups excluding tert-OH is 1. The molecule has 6 heteroatoms. The van der Waals surface area contributed by atoms with Gasteiger partial charge in [-0.2, -0.15) is 0 Å². The average molecular weight is 491 g/mol. The number of ether oxygens (including phenoxy) is 3. The Hall–Kier alpha value is -0.950. The molecule has 0 aromatic heterocycles. The lowest BCUT2D eigenvalue weighted by atomic mass is 9.40. The number of hydrogen-bond acceptors (Lipinski definition) is 6. The summed E-state index contributed by atoms with van der Waals surface area (Å²) in [5, 5.41) is 24.2. The van der Waals surface area contributed by atoms with Gasteiger partial charge in [-0.3, -0.25) is 4.79 Å². The van der Waals surface area contributed by atoms with Gasteiger partial charge >= 0.3 is 5.97 Å². The molecule has 5 rings (SSSR count). The van der Waals surface area contributed by atoms with Crippen molar-refractivity contribution in [3.8, 4) is 0 Å². The topological polar surface area (TPSA) is 85.2 Å². The van der Waals surface area contributed by atoms with Crippen LogP contribution in [0.3, 0.4) is 0 Å². The number of fused-ring (bicyclic) bond motifs is 5. The smallest absolute Gasteiger partial charge is 0.302 e. The maximum atomic E-state index is 12.4. The number of rotatable bonds is 2. The van der Waals surface area contributed by atoms with Crippen LogP contribution in [-0.2, 0) is 19.0 Å². The van der Waals surface area contributed by atoms with Gasteiger partial charge in [-0.05, 0) is 67.3 Å². The Kier molecular flexibility index (Phi) is 6.07. The first-order valence-electron chi connectivity index (χ1n) is 13.8. The van der Waals surface area contributed by atoms with E-state index in [4.69, 9.17) is 14.2 Å². The van der Waals surface area contributed by atoms with Gasteiger partial charge in [0.2, 0.25) is 0 Å². The predicted octanol–water partition coefficient (Wildman–Crippen LogP) is 4.62. The Morgan fingerprint density at radius 2 is 1.86 bits per heavy atom. The van der Waals surface area contributed by atoms with Gasteiger partial charge in [0.1, 0.15) is 6.61 Å². The van der Waals surface area contributed by atoms with Crippen molar-refractivity contribution in [1.29, 1.82) is 0 Å². The molecular formula is C29H46O6. The lowest BCUT2D eigenvalue weighted by molar-refractivity contribution is -0.364. The third-order valence-corrected chi connectivity index (χ3v) is 11.1. The number of carbonyl (C=O) groups is 1. The highest BCUT2D eigenvalue weighted by molar-refractivity contribution is 5.66. The quantitative estimate of drug-likeness (QED) is 0.434. The maximum absolute atomic E-state index is 12.4. The van der Waals surface area contributed by atoms with Gasteiger partial charge in [0.15, 0.2) is 5.79 Å². The van der Waals surface area contributed by atoms with E-state index in [2.05, 4.69) is 40.7 Å². The van der Waals surface area contributed by atoms with Crippen molar-refractivity contribution in [2.24, 2.45) is 39.9 Å². The van der Waals surface area contributed by atoms with Crippen molar-refractivity contribution in [3.05, 3.63) is 11.6 Å². The van der Waals surface area contributed by atoms with E-state index in [0.717, 1.165) is 32.1 Å². The molecule has 1 heterocycles. The van der Waals surface area contributed by atoms with E-state index in [1.807, 2.05) is 0 Å². The highest BCUT2D eigenvalue weighted by Crippen LogP contribution is 2.70. The van der Waals surface area contributed by atoms with Crippen LogP contribution < -0.4 is 0 Å². The van der Waals surface area contributed by atoms with Gasteiger partial charge in [-0.15, -0.1) is 0 Å². The van der Waals surface area contributed by atoms with Crippen molar-refractivity contribution in [2.45, 2.75) is 104 Å². The summed E-state index contributed by atoms with van der Waals surface area (Å²) < 4.78 is 17.9. The molecule has 198 valence electrons. The molecule has 1 aliphatic heterocycles. The standard InChI is InChI=1S/C29H46O6/c1-18-13-21-22-8-7-20(9-12-33-19(2)30)26(22,5)14-23(31)24(21)27(6)10-11-28(15-29(18,27)32)34-16-25(3,4)17-35-28/h9,18,21-24,31-32H,7-8,10-17H2,1-6H3. The van der Waals surface area contributed by atoms with Crippen LogP contribution in [0.5, 0.6) is 0 Å². The lowest BCUT2D eigenvalue weighted by Crippen LogP contribution is -2.71. The van der Waals surface area contributed by atoms with Crippen LogP contribution in [0.2, 0.25) is 0 Å². The Balaban J connectivity index is 1.42. The molecule has 0 radical (unpaired) electrons. The molecule has 8 atom stereocenters. The molecule has 2 N–H and O–H groups in total. The number of allylic oxidation sites excluding steroid dienone is 1. The first-order chi connectivity index (χ1) is 16.3. The van der Waals surface area contributed by atoms with E-state index < -0.39 is 17.5 Å². The Morgan fingerprint density at radius 3 is 2.51 bits per heavy atom. The van der Waals surface area contributed by atoms with E-state index in [1.165, 1.54) is 12.5 Å². The third-order valence-electron chi connectivity index (χ3n) is 11.1. The summed E-state index contributed by atoms with van der Waals surface area (Å²) >= 11 is 0. The highest BCUT2D eigenvalue weighted by atomic mass is 16.7. The summed E-state index contributed by atoms with van der Waals surface area (Å²) in [6.45, 7) is 14.1. The first kappa shape index (κ1) is 25.7. The average Bonchev–Trinajstić information content (AvgIpc) is 3.08. The van der Waals surface area contributed by atoms with Gasteiger partial charge in [0.05, 0.1) is 24.9 Å². The molecule has 35 heavy (non-hydrogen) atoms. The molecule has 1 spiro atoms. The minimum absolute atomic E-state index is 0.00886. The van der Waals surface area contributed by atoms with Gasteiger partial charge in [-0.1, -0.05) is 40.2 Å². The van der Waals surface area contributed by atoms with Crippen LogP contribution in [0.15, 0.2) is 11.6 Å². The number of hydrogen-bond donors (Lipinski definition) is 2. The van der Waals surface area contributed by atoms with Gasteiger partial charge in [0.25, 0.3) is 0 Å². The summed E-state index contributed by atoms with van der Waals surface area (Å²) in [5.41, 5.74) is -0.0800. The normalized spacial score (nSPS) is 49.3. The molecule has 0 amide bonds. The molecular weight excluding hydrogens is 444 g/mol. The number of esters is 1. The third kappa shape index (κ3) is 3.84. The predicted molar refractivity (Wildman–Crippen MR) is 132 cm³/mol. The van der Waals surface area contributed by atoms with Crippen molar-refractivity contribution >= 4 is 5.97 Å². The minimum atomic E-state index is -0.935. The number of carbonyl (C=O) groups excluding carboxylic acids is 1. The van der Waals surface area contributed by atoms with Crippen LogP contribution in [0.4, 0.5) is 0 Å². The monoisotopic (exact) mass is 490 g/mol. The summed E-state index contributed by atoms with van der Waals surface area (Å²) in [4.78, 5) is 11.3.